The molecule has 7 heteroatoms. The Bertz CT molecular complexity index is 796. The number of carbonyl (C=O) groups excluding carboxylic acids is 1. The molecule has 0 aliphatic carbocycles. The number of nitro groups is 1. The molecule has 2 N–H and O–H groups in total. The SMILES string of the molecule is CC(C)(C)[C@@H](C#N)NC(=O)Cc1c[nH]c2ccc([N+](=O)[O-])cc12. The zero-order chi connectivity index (χ0) is 17.2. The number of aromatic nitrogens is 1. The first-order chi connectivity index (χ1) is 10.7. The Morgan fingerprint density at radius 1 is 1.48 bits per heavy atom. The third kappa shape index (κ3) is 3.66. The van der Waals surface area contributed by atoms with Crippen molar-refractivity contribution in [1.29, 1.82) is 5.26 Å². The van der Waals surface area contributed by atoms with Crippen molar-refractivity contribution in [3.8, 4) is 6.07 Å². The van der Waals surface area contributed by atoms with Gasteiger partial charge in [-0.2, -0.15) is 5.26 Å². The predicted molar refractivity (Wildman–Crippen MR) is 85.7 cm³/mol. The van der Waals surface area contributed by atoms with Gasteiger partial charge in [0.2, 0.25) is 5.91 Å². The average Bonchev–Trinajstić information content (AvgIpc) is 2.85. The largest absolute Gasteiger partial charge is 0.361 e. The van der Waals surface area contributed by atoms with Crippen LogP contribution in [0.4, 0.5) is 5.69 Å². The van der Waals surface area contributed by atoms with E-state index in [0.717, 1.165) is 5.52 Å². The topological polar surface area (TPSA) is 112 Å². The van der Waals surface area contributed by atoms with E-state index in [-0.39, 0.29) is 23.4 Å². The van der Waals surface area contributed by atoms with Crippen molar-refractivity contribution in [3.63, 3.8) is 0 Å². The van der Waals surface area contributed by atoms with E-state index in [2.05, 4.69) is 16.4 Å². The summed E-state index contributed by atoms with van der Waals surface area (Å²) < 4.78 is 0. The molecule has 0 saturated heterocycles. The summed E-state index contributed by atoms with van der Waals surface area (Å²) in [4.78, 5) is 25.6. The van der Waals surface area contributed by atoms with Crippen LogP contribution in [0.1, 0.15) is 26.3 Å². The quantitative estimate of drug-likeness (QED) is 0.667. The molecule has 0 spiro atoms. The van der Waals surface area contributed by atoms with Gasteiger partial charge in [0.25, 0.3) is 5.69 Å². The molecule has 1 atom stereocenters. The lowest BCUT2D eigenvalue weighted by molar-refractivity contribution is -0.384. The van der Waals surface area contributed by atoms with Gasteiger partial charge in [0.05, 0.1) is 17.4 Å². The molecule has 23 heavy (non-hydrogen) atoms. The van der Waals surface area contributed by atoms with Crippen LogP contribution in [0.3, 0.4) is 0 Å². The first-order valence-corrected chi connectivity index (χ1v) is 7.16. The summed E-state index contributed by atoms with van der Waals surface area (Å²) >= 11 is 0. The van der Waals surface area contributed by atoms with E-state index in [1.807, 2.05) is 20.8 Å². The molecule has 1 amide bonds. The molecule has 0 bridgehead atoms. The summed E-state index contributed by atoms with van der Waals surface area (Å²) in [6.45, 7) is 5.61. The average molecular weight is 314 g/mol. The smallest absolute Gasteiger partial charge is 0.270 e. The van der Waals surface area contributed by atoms with Crippen LogP contribution in [-0.2, 0) is 11.2 Å². The summed E-state index contributed by atoms with van der Waals surface area (Å²) in [6, 6.07) is 5.95. The van der Waals surface area contributed by atoms with Gasteiger partial charge in [-0.05, 0) is 17.0 Å². The number of carbonyl (C=O) groups is 1. The highest BCUT2D eigenvalue weighted by atomic mass is 16.6. The maximum absolute atomic E-state index is 12.2. The Hall–Kier alpha value is -2.88. The van der Waals surface area contributed by atoms with E-state index < -0.39 is 11.0 Å². The molecule has 1 aromatic carbocycles. The maximum atomic E-state index is 12.2. The molecule has 1 heterocycles. The molecular weight excluding hydrogens is 296 g/mol. The molecule has 7 nitrogen and oxygen atoms in total. The standard InChI is InChI=1S/C16H18N4O3/c1-16(2,3)14(8-17)19-15(21)6-10-9-18-13-5-4-11(20(22)23)7-12(10)13/h4-5,7,9,14,18H,6H2,1-3H3,(H,19,21)/t14-/m1/s1. The third-order valence-corrected chi connectivity index (χ3v) is 3.61. The molecule has 0 saturated carbocycles. The van der Waals surface area contributed by atoms with Gasteiger partial charge in [-0.3, -0.25) is 14.9 Å². The number of non-ortho nitro benzene ring substituents is 1. The normalized spacial score (nSPS) is 12.6. The number of amides is 1. The Morgan fingerprint density at radius 3 is 2.74 bits per heavy atom. The Labute approximate surface area is 133 Å². The molecule has 0 radical (unpaired) electrons. The number of nitrogens with one attached hydrogen (secondary N) is 2. The van der Waals surface area contributed by atoms with Crippen LogP contribution in [0.5, 0.6) is 0 Å². The zero-order valence-electron chi connectivity index (χ0n) is 13.2. The van der Waals surface area contributed by atoms with E-state index >= 15 is 0 Å². The van der Waals surface area contributed by atoms with Crippen molar-refractivity contribution >= 4 is 22.5 Å². The Morgan fingerprint density at radius 2 is 2.17 bits per heavy atom. The van der Waals surface area contributed by atoms with Crippen LogP contribution in [0, 0.1) is 26.9 Å². The minimum atomic E-state index is -0.602. The molecule has 120 valence electrons. The lowest BCUT2D eigenvalue weighted by Crippen LogP contribution is -2.43. The summed E-state index contributed by atoms with van der Waals surface area (Å²) in [7, 11) is 0. The lowest BCUT2D eigenvalue weighted by atomic mass is 9.87. The third-order valence-electron chi connectivity index (χ3n) is 3.61. The zero-order valence-corrected chi connectivity index (χ0v) is 13.2. The van der Waals surface area contributed by atoms with Gasteiger partial charge in [0, 0.05) is 29.2 Å². The van der Waals surface area contributed by atoms with Crippen LogP contribution in [0.2, 0.25) is 0 Å². The van der Waals surface area contributed by atoms with E-state index in [1.54, 1.807) is 12.3 Å². The fourth-order valence-corrected chi connectivity index (χ4v) is 2.25. The van der Waals surface area contributed by atoms with E-state index in [9.17, 15) is 14.9 Å². The molecule has 1 aromatic heterocycles. The Kier molecular flexibility index (Phi) is 4.36. The molecule has 0 fully saturated rings. The van der Waals surface area contributed by atoms with Crippen molar-refractivity contribution in [3.05, 3.63) is 40.1 Å². The number of hydrogen-bond acceptors (Lipinski definition) is 4. The first-order valence-electron chi connectivity index (χ1n) is 7.16. The lowest BCUT2D eigenvalue weighted by Gasteiger charge is -2.25. The highest BCUT2D eigenvalue weighted by Crippen LogP contribution is 2.24. The summed E-state index contributed by atoms with van der Waals surface area (Å²) in [6.07, 6.45) is 1.71. The number of nitriles is 1. The second kappa shape index (κ2) is 6.08. The number of nitro benzene ring substituents is 1. The van der Waals surface area contributed by atoms with Gasteiger partial charge in [0.15, 0.2) is 0 Å². The maximum Gasteiger partial charge on any atom is 0.270 e. The fraction of sp³-hybridized carbons (Fsp3) is 0.375. The van der Waals surface area contributed by atoms with Crippen molar-refractivity contribution < 1.29 is 9.72 Å². The molecule has 0 aliphatic rings. The van der Waals surface area contributed by atoms with Gasteiger partial charge >= 0.3 is 0 Å². The minimum absolute atomic E-state index is 0.0247. The van der Waals surface area contributed by atoms with Gasteiger partial charge in [-0.15, -0.1) is 0 Å². The monoisotopic (exact) mass is 314 g/mol. The molecule has 0 aliphatic heterocycles. The second-order valence-electron chi connectivity index (χ2n) is 6.47. The summed E-state index contributed by atoms with van der Waals surface area (Å²) in [5.41, 5.74) is 0.991. The van der Waals surface area contributed by atoms with Crippen LogP contribution >= 0.6 is 0 Å². The number of benzene rings is 1. The highest BCUT2D eigenvalue weighted by Gasteiger charge is 2.26. The van der Waals surface area contributed by atoms with Gasteiger partial charge in [-0.1, -0.05) is 20.8 Å². The van der Waals surface area contributed by atoms with Gasteiger partial charge in [-0.25, -0.2) is 0 Å². The number of rotatable bonds is 4. The van der Waals surface area contributed by atoms with Crippen molar-refractivity contribution in [2.45, 2.75) is 33.2 Å². The van der Waals surface area contributed by atoms with Crippen molar-refractivity contribution in [2.24, 2.45) is 5.41 Å². The molecule has 0 unspecified atom stereocenters. The first kappa shape index (κ1) is 16.5. The van der Waals surface area contributed by atoms with Crippen LogP contribution in [0.25, 0.3) is 10.9 Å². The number of fused-ring (bicyclic) bond motifs is 1. The fourth-order valence-electron chi connectivity index (χ4n) is 2.25. The molecular formula is C16H18N4O3. The number of hydrogen-bond donors (Lipinski definition) is 2. The Balaban J connectivity index is 2.21. The molecule has 2 rings (SSSR count). The summed E-state index contributed by atoms with van der Waals surface area (Å²) in [5, 5.41) is 23.4. The number of aromatic amines is 1. The minimum Gasteiger partial charge on any atom is -0.361 e. The van der Waals surface area contributed by atoms with Crippen molar-refractivity contribution in [2.75, 3.05) is 0 Å². The van der Waals surface area contributed by atoms with E-state index in [0.29, 0.717) is 10.9 Å². The number of nitrogens with zero attached hydrogens (tertiary/aromatic N) is 2. The van der Waals surface area contributed by atoms with Crippen LogP contribution in [-0.4, -0.2) is 21.9 Å². The van der Waals surface area contributed by atoms with Gasteiger partial charge in [0.1, 0.15) is 6.04 Å². The van der Waals surface area contributed by atoms with E-state index in [1.165, 1.54) is 12.1 Å². The second-order valence-corrected chi connectivity index (χ2v) is 6.47. The molecule has 2 aromatic rings. The van der Waals surface area contributed by atoms with Crippen LogP contribution in [0.15, 0.2) is 24.4 Å². The van der Waals surface area contributed by atoms with Crippen LogP contribution < -0.4 is 5.32 Å². The summed E-state index contributed by atoms with van der Waals surface area (Å²) in [5.74, 6) is -0.293. The predicted octanol–water partition coefficient (Wildman–Crippen LogP) is 2.67. The van der Waals surface area contributed by atoms with E-state index in [4.69, 9.17) is 5.26 Å². The van der Waals surface area contributed by atoms with Gasteiger partial charge < -0.3 is 10.3 Å². The highest BCUT2D eigenvalue weighted by molar-refractivity contribution is 5.90. The van der Waals surface area contributed by atoms with Crippen molar-refractivity contribution in [1.82, 2.24) is 10.3 Å². The number of H-pyrrole nitrogens is 1.